The Morgan fingerprint density at radius 3 is 2.21 bits per heavy atom. The van der Waals surface area contributed by atoms with E-state index in [1.807, 2.05) is 27.9 Å². The van der Waals surface area contributed by atoms with Crippen LogP contribution in [0.5, 0.6) is 0 Å². The number of hydrogen-bond donors (Lipinski definition) is 2. The number of urea groups is 1. The second kappa shape index (κ2) is 6.23. The number of aliphatic carboxylic acids is 1. The number of likely N-dealkylation sites (N-methyl/N-ethyl adjacent to an activating group) is 1. The maximum Gasteiger partial charge on any atom is 0.323 e. The first-order valence-electron chi connectivity index (χ1n) is 6.72. The third-order valence-electron chi connectivity index (χ3n) is 3.99. The molecule has 0 radical (unpaired) electrons. The van der Waals surface area contributed by atoms with E-state index in [1.165, 1.54) is 11.3 Å². The molecule has 6 heteroatoms. The summed E-state index contributed by atoms with van der Waals surface area (Å²) in [6.07, 6.45) is 3.32. The fourth-order valence-electron chi connectivity index (χ4n) is 2.34. The molecule has 2 amide bonds. The monoisotopic (exact) mass is 271 g/mol. The van der Waals surface area contributed by atoms with Crippen LogP contribution in [0.3, 0.4) is 0 Å². The third kappa shape index (κ3) is 3.83. The van der Waals surface area contributed by atoms with Crippen LogP contribution < -0.4 is 5.32 Å². The van der Waals surface area contributed by atoms with E-state index in [0.717, 1.165) is 12.8 Å². The van der Waals surface area contributed by atoms with Gasteiger partial charge in [0.1, 0.15) is 6.54 Å². The van der Waals surface area contributed by atoms with E-state index in [4.69, 9.17) is 5.11 Å². The van der Waals surface area contributed by atoms with E-state index in [0.29, 0.717) is 6.54 Å². The zero-order chi connectivity index (χ0) is 14.6. The number of nitrogens with one attached hydrogen (secondary N) is 1. The van der Waals surface area contributed by atoms with Crippen molar-refractivity contribution in [3.05, 3.63) is 0 Å². The number of hydrogen-bond acceptors (Lipinski definition) is 3. The summed E-state index contributed by atoms with van der Waals surface area (Å²) >= 11 is 0. The molecule has 0 unspecified atom stereocenters. The van der Waals surface area contributed by atoms with Gasteiger partial charge < -0.3 is 20.2 Å². The Morgan fingerprint density at radius 2 is 1.89 bits per heavy atom. The van der Waals surface area contributed by atoms with Crippen molar-refractivity contribution in [1.82, 2.24) is 15.1 Å². The van der Waals surface area contributed by atoms with Crippen molar-refractivity contribution in [2.75, 3.05) is 27.2 Å². The summed E-state index contributed by atoms with van der Waals surface area (Å²) in [5.74, 6) is -0.991. The predicted molar refractivity (Wildman–Crippen MR) is 73.1 cm³/mol. The van der Waals surface area contributed by atoms with Gasteiger partial charge in [-0.15, -0.1) is 0 Å². The number of carboxylic acids is 1. The van der Waals surface area contributed by atoms with Crippen molar-refractivity contribution in [2.24, 2.45) is 0 Å². The number of carbonyl (C=O) groups excluding carboxylic acids is 1. The second-order valence-electron chi connectivity index (χ2n) is 5.75. The van der Waals surface area contributed by atoms with Crippen molar-refractivity contribution < 1.29 is 14.7 Å². The lowest BCUT2D eigenvalue weighted by Crippen LogP contribution is -2.59. The molecule has 0 spiro atoms. The van der Waals surface area contributed by atoms with Crippen molar-refractivity contribution in [3.63, 3.8) is 0 Å². The van der Waals surface area contributed by atoms with Gasteiger partial charge >= 0.3 is 12.0 Å². The number of carboxylic acid groups (broad SMARTS) is 1. The minimum absolute atomic E-state index is 0.0432. The molecule has 1 fully saturated rings. The summed E-state index contributed by atoms with van der Waals surface area (Å²) < 4.78 is 0. The summed E-state index contributed by atoms with van der Waals surface area (Å²) in [6.45, 7) is 3.93. The molecule has 1 rings (SSSR count). The van der Waals surface area contributed by atoms with Crippen LogP contribution in [-0.2, 0) is 4.79 Å². The molecule has 1 saturated carbocycles. The van der Waals surface area contributed by atoms with Gasteiger partial charge in [0.05, 0.1) is 0 Å². The molecular formula is C13H25N3O3. The van der Waals surface area contributed by atoms with Crippen LogP contribution in [0.1, 0.15) is 33.1 Å². The Kier molecular flexibility index (Phi) is 5.17. The van der Waals surface area contributed by atoms with Crippen LogP contribution in [0.15, 0.2) is 0 Å². The van der Waals surface area contributed by atoms with E-state index in [2.05, 4.69) is 10.2 Å². The first-order valence-corrected chi connectivity index (χ1v) is 6.72. The minimum Gasteiger partial charge on any atom is -0.480 e. The Bertz CT molecular complexity index is 338. The van der Waals surface area contributed by atoms with E-state index in [-0.39, 0.29) is 24.2 Å². The van der Waals surface area contributed by atoms with Gasteiger partial charge in [0.15, 0.2) is 0 Å². The lowest BCUT2D eigenvalue weighted by atomic mass is 9.75. The molecular weight excluding hydrogens is 246 g/mol. The molecule has 0 atom stereocenters. The molecule has 0 aromatic carbocycles. The number of nitrogens with zero attached hydrogens (tertiary/aromatic N) is 2. The topological polar surface area (TPSA) is 72.9 Å². The highest BCUT2D eigenvalue weighted by Gasteiger charge is 2.39. The van der Waals surface area contributed by atoms with E-state index in [1.54, 1.807) is 0 Å². The fraction of sp³-hybridized carbons (Fsp3) is 0.846. The van der Waals surface area contributed by atoms with Crippen LogP contribution >= 0.6 is 0 Å². The normalized spacial score (nSPS) is 17.2. The standard InChI is InChI=1S/C13H25N3O3/c1-10(2)16(8-11(17)18)12(19)14-9-13(15(3)4)6-5-7-13/h10H,5-9H2,1-4H3,(H,14,19)(H,17,18). The second-order valence-corrected chi connectivity index (χ2v) is 5.75. The molecule has 110 valence electrons. The first kappa shape index (κ1) is 15.8. The fourth-order valence-corrected chi connectivity index (χ4v) is 2.34. The summed E-state index contributed by atoms with van der Waals surface area (Å²) in [6, 6.07) is -0.432. The average molecular weight is 271 g/mol. The van der Waals surface area contributed by atoms with Crippen molar-refractivity contribution in [3.8, 4) is 0 Å². The molecule has 0 aromatic rings. The van der Waals surface area contributed by atoms with Gasteiger partial charge in [0.25, 0.3) is 0 Å². The van der Waals surface area contributed by atoms with Gasteiger partial charge in [-0.2, -0.15) is 0 Å². The smallest absolute Gasteiger partial charge is 0.323 e. The molecule has 1 aliphatic carbocycles. The van der Waals surface area contributed by atoms with Crippen LogP contribution in [-0.4, -0.2) is 65.7 Å². The average Bonchev–Trinajstić information content (AvgIpc) is 2.22. The van der Waals surface area contributed by atoms with Gasteiger partial charge in [-0.1, -0.05) is 0 Å². The molecule has 1 aliphatic rings. The molecule has 0 aliphatic heterocycles. The predicted octanol–water partition coefficient (Wildman–Crippen LogP) is 0.975. The van der Waals surface area contributed by atoms with Crippen molar-refractivity contribution in [1.29, 1.82) is 0 Å². The summed E-state index contributed by atoms with van der Waals surface area (Å²) in [4.78, 5) is 26.3. The molecule has 0 aromatic heterocycles. The van der Waals surface area contributed by atoms with Gasteiger partial charge in [-0.25, -0.2) is 4.79 Å². The Balaban J connectivity index is 2.55. The SMILES string of the molecule is CC(C)N(CC(=O)O)C(=O)NCC1(N(C)C)CCC1. The highest BCUT2D eigenvalue weighted by molar-refractivity contribution is 5.80. The Hall–Kier alpha value is -1.30. The molecule has 2 N–H and O–H groups in total. The van der Waals surface area contributed by atoms with Crippen LogP contribution in [0.25, 0.3) is 0 Å². The van der Waals surface area contributed by atoms with Gasteiger partial charge in [0, 0.05) is 18.1 Å². The molecule has 0 bridgehead atoms. The Morgan fingerprint density at radius 1 is 1.32 bits per heavy atom. The van der Waals surface area contributed by atoms with Crippen LogP contribution in [0, 0.1) is 0 Å². The minimum atomic E-state index is -0.991. The summed E-state index contributed by atoms with van der Waals surface area (Å²) in [7, 11) is 4.03. The van der Waals surface area contributed by atoms with Crippen LogP contribution in [0.2, 0.25) is 0 Å². The van der Waals surface area contributed by atoms with Gasteiger partial charge in [-0.3, -0.25) is 4.79 Å². The lowest BCUT2D eigenvalue weighted by Gasteiger charge is -2.47. The zero-order valence-electron chi connectivity index (χ0n) is 12.3. The molecule has 19 heavy (non-hydrogen) atoms. The molecule has 0 heterocycles. The summed E-state index contributed by atoms with van der Waals surface area (Å²) in [5.41, 5.74) is 0.0432. The first-order chi connectivity index (χ1) is 8.78. The van der Waals surface area contributed by atoms with Gasteiger partial charge in [0.2, 0.25) is 0 Å². The largest absolute Gasteiger partial charge is 0.480 e. The number of carbonyl (C=O) groups is 2. The maximum absolute atomic E-state index is 12.1. The van der Waals surface area contributed by atoms with E-state index < -0.39 is 5.97 Å². The highest BCUT2D eigenvalue weighted by Crippen LogP contribution is 2.35. The Labute approximate surface area is 114 Å². The zero-order valence-corrected chi connectivity index (χ0v) is 12.3. The van der Waals surface area contributed by atoms with Crippen molar-refractivity contribution in [2.45, 2.75) is 44.7 Å². The number of amides is 2. The third-order valence-corrected chi connectivity index (χ3v) is 3.99. The van der Waals surface area contributed by atoms with E-state index in [9.17, 15) is 9.59 Å². The lowest BCUT2D eigenvalue weighted by molar-refractivity contribution is -0.138. The quantitative estimate of drug-likeness (QED) is 0.755. The van der Waals surface area contributed by atoms with Crippen LogP contribution in [0.4, 0.5) is 4.79 Å². The van der Waals surface area contributed by atoms with Crippen molar-refractivity contribution >= 4 is 12.0 Å². The highest BCUT2D eigenvalue weighted by atomic mass is 16.4. The van der Waals surface area contributed by atoms with Gasteiger partial charge in [-0.05, 0) is 47.2 Å². The molecule has 0 saturated heterocycles. The summed E-state index contributed by atoms with van der Waals surface area (Å²) in [5, 5.41) is 11.7. The van der Waals surface area contributed by atoms with E-state index >= 15 is 0 Å². The number of rotatable bonds is 6. The molecule has 6 nitrogen and oxygen atoms in total. The maximum atomic E-state index is 12.1.